The summed E-state index contributed by atoms with van der Waals surface area (Å²) in [5.41, 5.74) is 0. The molecule has 7 heteroatoms. The first-order valence-corrected chi connectivity index (χ1v) is 7.05. The number of hydrogen-bond acceptors (Lipinski definition) is 3. The maximum atomic E-state index is 12.7. The van der Waals surface area contributed by atoms with Crippen LogP contribution < -0.4 is 4.90 Å². The molecule has 1 aromatic rings. The molecule has 0 aliphatic heterocycles. The maximum absolute atomic E-state index is 12.7. The molecule has 1 aromatic heterocycles. The number of rotatable bonds is 6. The van der Waals surface area contributed by atoms with E-state index < -0.39 is 12.0 Å². The minimum absolute atomic E-state index is 0.0913. The molecule has 1 rings (SSSR count). The molecule has 0 aliphatic carbocycles. The van der Waals surface area contributed by atoms with E-state index in [4.69, 9.17) is 11.6 Å². The number of aromatic nitrogens is 2. The van der Waals surface area contributed by atoms with E-state index in [-0.39, 0.29) is 17.0 Å². The number of alkyl halides is 3. The first-order valence-electron chi connectivity index (χ1n) is 6.68. The normalized spacial score (nSPS) is 13.3. The van der Waals surface area contributed by atoms with Gasteiger partial charge in [0.2, 0.25) is 5.82 Å². The summed E-state index contributed by atoms with van der Waals surface area (Å²) in [6.45, 7) is 6.62. The Hall–Kier alpha value is -1.04. The van der Waals surface area contributed by atoms with Gasteiger partial charge in [0.25, 0.3) is 0 Å². The van der Waals surface area contributed by atoms with Crippen molar-refractivity contribution in [3.63, 3.8) is 0 Å². The molecule has 0 spiro atoms. The molecule has 1 heterocycles. The number of hydrogen-bond donors (Lipinski definition) is 0. The first kappa shape index (κ1) is 17.0. The van der Waals surface area contributed by atoms with E-state index in [9.17, 15) is 13.2 Å². The summed E-state index contributed by atoms with van der Waals surface area (Å²) < 4.78 is 38.2. The van der Waals surface area contributed by atoms with Crippen LogP contribution in [0.5, 0.6) is 0 Å². The van der Waals surface area contributed by atoms with Gasteiger partial charge in [0, 0.05) is 18.7 Å². The van der Waals surface area contributed by atoms with Crippen LogP contribution in [-0.4, -0.2) is 22.6 Å². The molecule has 0 N–H and O–H groups in total. The first-order chi connectivity index (χ1) is 9.29. The van der Waals surface area contributed by atoms with E-state index in [1.165, 1.54) is 6.07 Å². The SMILES string of the molecule is CCCCN(c1cc(Cl)nc(C(F)(F)F)n1)C(C)CC. The highest BCUT2D eigenvalue weighted by Crippen LogP contribution is 2.30. The van der Waals surface area contributed by atoms with Gasteiger partial charge in [0.05, 0.1) is 0 Å². The van der Waals surface area contributed by atoms with Crippen LogP contribution in [0.4, 0.5) is 19.0 Å². The predicted molar refractivity (Wildman–Crippen MR) is 74.1 cm³/mol. The van der Waals surface area contributed by atoms with Gasteiger partial charge in [-0.2, -0.15) is 13.2 Å². The van der Waals surface area contributed by atoms with Crippen molar-refractivity contribution in [1.82, 2.24) is 9.97 Å². The van der Waals surface area contributed by atoms with Crippen molar-refractivity contribution in [2.45, 2.75) is 52.3 Å². The summed E-state index contributed by atoms with van der Waals surface area (Å²) >= 11 is 5.70. The lowest BCUT2D eigenvalue weighted by Gasteiger charge is -2.30. The molecule has 114 valence electrons. The number of halogens is 4. The smallest absolute Gasteiger partial charge is 0.354 e. The zero-order chi connectivity index (χ0) is 15.3. The molecular weight excluding hydrogens is 291 g/mol. The fourth-order valence-electron chi connectivity index (χ4n) is 1.79. The highest BCUT2D eigenvalue weighted by atomic mass is 35.5. The van der Waals surface area contributed by atoms with Crippen molar-refractivity contribution in [2.75, 3.05) is 11.4 Å². The topological polar surface area (TPSA) is 29.0 Å². The Labute approximate surface area is 122 Å². The molecule has 0 amide bonds. The van der Waals surface area contributed by atoms with Crippen molar-refractivity contribution in [1.29, 1.82) is 0 Å². The van der Waals surface area contributed by atoms with E-state index in [2.05, 4.69) is 9.97 Å². The van der Waals surface area contributed by atoms with Crippen LogP contribution in [0, 0.1) is 0 Å². The van der Waals surface area contributed by atoms with Gasteiger partial charge in [-0.3, -0.25) is 0 Å². The maximum Gasteiger partial charge on any atom is 0.451 e. The average molecular weight is 310 g/mol. The second-order valence-electron chi connectivity index (χ2n) is 4.67. The minimum atomic E-state index is -4.59. The van der Waals surface area contributed by atoms with Crippen molar-refractivity contribution in [3.05, 3.63) is 17.0 Å². The lowest BCUT2D eigenvalue weighted by molar-refractivity contribution is -0.144. The van der Waals surface area contributed by atoms with Crippen molar-refractivity contribution >= 4 is 17.4 Å². The van der Waals surface area contributed by atoms with Crippen LogP contribution in [0.3, 0.4) is 0 Å². The zero-order valence-corrected chi connectivity index (χ0v) is 12.6. The fourth-order valence-corrected chi connectivity index (χ4v) is 1.97. The number of unbranched alkanes of at least 4 members (excludes halogenated alkanes) is 1. The van der Waals surface area contributed by atoms with Crippen LogP contribution in [0.25, 0.3) is 0 Å². The third-order valence-corrected chi connectivity index (χ3v) is 3.30. The Morgan fingerprint density at radius 3 is 2.45 bits per heavy atom. The van der Waals surface area contributed by atoms with E-state index >= 15 is 0 Å². The number of nitrogens with zero attached hydrogens (tertiary/aromatic N) is 3. The Kier molecular flexibility index (Phi) is 6.05. The van der Waals surface area contributed by atoms with Gasteiger partial charge < -0.3 is 4.90 Å². The van der Waals surface area contributed by atoms with Gasteiger partial charge in [-0.1, -0.05) is 31.9 Å². The minimum Gasteiger partial charge on any atom is -0.354 e. The van der Waals surface area contributed by atoms with E-state index in [1.807, 2.05) is 25.7 Å². The highest BCUT2D eigenvalue weighted by Gasteiger charge is 2.36. The lowest BCUT2D eigenvalue weighted by atomic mass is 10.2. The van der Waals surface area contributed by atoms with Crippen LogP contribution in [-0.2, 0) is 6.18 Å². The van der Waals surface area contributed by atoms with Crippen molar-refractivity contribution in [3.8, 4) is 0 Å². The molecule has 1 atom stereocenters. The molecule has 0 aliphatic rings. The fraction of sp³-hybridized carbons (Fsp3) is 0.692. The van der Waals surface area contributed by atoms with Crippen molar-refractivity contribution < 1.29 is 13.2 Å². The monoisotopic (exact) mass is 309 g/mol. The van der Waals surface area contributed by atoms with Gasteiger partial charge in [-0.05, 0) is 19.8 Å². The van der Waals surface area contributed by atoms with E-state index in [0.717, 1.165) is 19.3 Å². The summed E-state index contributed by atoms with van der Waals surface area (Å²) in [5.74, 6) is -0.954. The second-order valence-corrected chi connectivity index (χ2v) is 5.06. The molecule has 0 fully saturated rings. The molecular formula is C13H19ClF3N3. The summed E-state index contributed by atoms with van der Waals surface area (Å²) in [7, 11) is 0. The van der Waals surface area contributed by atoms with Crippen molar-refractivity contribution in [2.24, 2.45) is 0 Å². The molecule has 0 saturated carbocycles. The van der Waals surface area contributed by atoms with Gasteiger partial charge in [-0.25, -0.2) is 9.97 Å². The van der Waals surface area contributed by atoms with Gasteiger partial charge in [-0.15, -0.1) is 0 Å². The molecule has 0 aromatic carbocycles. The predicted octanol–water partition coefficient (Wildman–Crippen LogP) is 4.55. The molecule has 1 unspecified atom stereocenters. The molecule has 0 radical (unpaired) electrons. The zero-order valence-electron chi connectivity index (χ0n) is 11.8. The standard InChI is InChI=1S/C13H19ClF3N3/c1-4-6-7-20(9(3)5-2)11-8-10(14)18-12(19-11)13(15,16)17/h8-9H,4-7H2,1-3H3. The Bertz CT molecular complexity index is 437. The van der Waals surface area contributed by atoms with Gasteiger partial charge >= 0.3 is 6.18 Å². The van der Waals surface area contributed by atoms with Crippen LogP contribution in [0.1, 0.15) is 45.9 Å². The third kappa shape index (κ3) is 4.51. The van der Waals surface area contributed by atoms with E-state index in [1.54, 1.807) is 0 Å². The molecule has 0 bridgehead atoms. The molecule has 3 nitrogen and oxygen atoms in total. The molecule has 20 heavy (non-hydrogen) atoms. The summed E-state index contributed by atoms with van der Waals surface area (Å²) in [6.07, 6.45) is -1.94. The Morgan fingerprint density at radius 1 is 1.30 bits per heavy atom. The summed E-state index contributed by atoms with van der Waals surface area (Å²) in [4.78, 5) is 8.74. The average Bonchev–Trinajstić information content (AvgIpc) is 2.37. The van der Waals surface area contributed by atoms with Gasteiger partial charge in [0.15, 0.2) is 0 Å². The Morgan fingerprint density at radius 2 is 1.95 bits per heavy atom. The highest BCUT2D eigenvalue weighted by molar-refractivity contribution is 6.29. The van der Waals surface area contributed by atoms with Crippen LogP contribution in [0.2, 0.25) is 5.15 Å². The quantitative estimate of drug-likeness (QED) is 0.722. The summed E-state index contributed by atoms with van der Waals surface area (Å²) in [5, 5.41) is -0.188. The van der Waals surface area contributed by atoms with Crippen LogP contribution >= 0.6 is 11.6 Å². The third-order valence-electron chi connectivity index (χ3n) is 3.10. The second kappa shape index (κ2) is 7.11. The lowest BCUT2D eigenvalue weighted by Crippen LogP contribution is -2.34. The Balaban J connectivity index is 3.15. The van der Waals surface area contributed by atoms with Crippen LogP contribution in [0.15, 0.2) is 6.07 Å². The molecule has 0 saturated heterocycles. The van der Waals surface area contributed by atoms with E-state index in [0.29, 0.717) is 6.54 Å². The number of anilines is 1. The van der Waals surface area contributed by atoms with Gasteiger partial charge in [0.1, 0.15) is 11.0 Å². The largest absolute Gasteiger partial charge is 0.451 e. The summed E-state index contributed by atoms with van der Waals surface area (Å²) in [6, 6.07) is 1.48.